The van der Waals surface area contributed by atoms with Crippen LogP contribution < -0.4 is 0 Å². The second kappa shape index (κ2) is 6.53. The zero-order chi connectivity index (χ0) is 9.36. The molecule has 0 atom stereocenters. The zero-order valence-corrected chi connectivity index (χ0v) is 8.17. The van der Waals surface area contributed by atoms with E-state index in [0.29, 0.717) is 0 Å². The Morgan fingerprint density at radius 2 is 2.08 bits per heavy atom. The second-order valence-corrected chi connectivity index (χ2v) is 3.32. The van der Waals surface area contributed by atoms with Crippen LogP contribution in [0.2, 0.25) is 0 Å². The fourth-order valence-electron chi connectivity index (χ4n) is 1.40. The van der Waals surface area contributed by atoms with Crippen molar-refractivity contribution in [1.82, 2.24) is 0 Å². The monoisotopic (exact) mass is 178 g/mol. The van der Waals surface area contributed by atoms with Gasteiger partial charge in [-0.3, -0.25) is 0 Å². The Hall–Kier alpha value is -0.980. The van der Waals surface area contributed by atoms with E-state index in [1.807, 2.05) is 18.2 Å². The molecule has 0 N–H and O–H groups in total. The predicted octanol–water partition coefficient (Wildman–Crippen LogP) is 3.96. The normalized spacial score (nSPS) is 10.2. The number of rotatable bonds is 7. The van der Waals surface area contributed by atoms with Gasteiger partial charge in [0.1, 0.15) is 5.76 Å². The van der Waals surface area contributed by atoms with E-state index in [9.17, 15) is 0 Å². The first-order valence-corrected chi connectivity index (χ1v) is 5.07. The van der Waals surface area contributed by atoms with Gasteiger partial charge >= 0.3 is 0 Å². The summed E-state index contributed by atoms with van der Waals surface area (Å²) in [5, 5.41) is 0. The molecule has 0 spiro atoms. The number of allylic oxidation sites excluding steroid dienone is 1. The highest BCUT2D eigenvalue weighted by Gasteiger charge is 1.94. The Bertz CT molecular complexity index is 211. The maximum absolute atomic E-state index is 5.25. The van der Waals surface area contributed by atoms with Crippen molar-refractivity contribution in [1.29, 1.82) is 0 Å². The minimum atomic E-state index is 1.08. The smallest absolute Gasteiger partial charge is 0.103 e. The number of furan rings is 1. The van der Waals surface area contributed by atoms with E-state index in [-0.39, 0.29) is 0 Å². The fourth-order valence-corrected chi connectivity index (χ4v) is 1.40. The quantitative estimate of drug-likeness (QED) is 0.455. The van der Waals surface area contributed by atoms with Crippen molar-refractivity contribution in [3.63, 3.8) is 0 Å². The Labute approximate surface area is 80.5 Å². The van der Waals surface area contributed by atoms with Crippen LogP contribution in [0.1, 0.15) is 37.9 Å². The average Bonchev–Trinajstić information content (AvgIpc) is 2.63. The minimum absolute atomic E-state index is 1.08. The molecule has 0 fully saturated rings. The third-order valence-electron chi connectivity index (χ3n) is 2.16. The van der Waals surface area contributed by atoms with Gasteiger partial charge in [0.05, 0.1) is 6.26 Å². The summed E-state index contributed by atoms with van der Waals surface area (Å²) < 4.78 is 5.25. The molecule has 0 aromatic carbocycles. The third kappa shape index (κ3) is 4.56. The lowest BCUT2D eigenvalue weighted by Gasteiger charge is -1.97. The first-order valence-electron chi connectivity index (χ1n) is 5.07. The maximum atomic E-state index is 5.25. The lowest BCUT2D eigenvalue weighted by atomic mass is 10.1. The Morgan fingerprint density at radius 3 is 2.77 bits per heavy atom. The van der Waals surface area contributed by atoms with Gasteiger partial charge in [-0.05, 0) is 31.4 Å². The van der Waals surface area contributed by atoms with Crippen molar-refractivity contribution < 1.29 is 4.42 Å². The van der Waals surface area contributed by atoms with Crippen molar-refractivity contribution >= 4 is 0 Å². The molecule has 0 unspecified atom stereocenters. The Balaban J connectivity index is 1.93. The highest BCUT2D eigenvalue weighted by molar-refractivity contribution is 4.97. The summed E-state index contributed by atoms with van der Waals surface area (Å²) in [4.78, 5) is 0. The molecule has 0 bridgehead atoms. The van der Waals surface area contributed by atoms with Crippen molar-refractivity contribution in [3.8, 4) is 0 Å². The van der Waals surface area contributed by atoms with Crippen LogP contribution in [-0.2, 0) is 6.42 Å². The van der Waals surface area contributed by atoms with Crippen molar-refractivity contribution in [2.45, 2.75) is 38.5 Å². The molecule has 0 saturated heterocycles. The van der Waals surface area contributed by atoms with Crippen molar-refractivity contribution in [2.24, 2.45) is 0 Å². The molecule has 0 radical (unpaired) electrons. The third-order valence-corrected chi connectivity index (χ3v) is 2.16. The van der Waals surface area contributed by atoms with Crippen LogP contribution in [0.4, 0.5) is 0 Å². The second-order valence-electron chi connectivity index (χ2n) is 3.32. The highest BCUT2D eigenvalue weighted by atomic mass is 16.3. The summed E-state index contributed by atoms with van der Waals surface area (Å²) in [6.07, 6.45) is 11.1. The van der Waals surface area contributed by atoms with E-state index in [1.54, 1.807) is 6.26 Å². The molecule has 0 saturated carbocycles. The first kappa shape index (κ1) is 10.1. The summed E-state index contributed by atoms with van der Waals surface area (Å²) >= 11 is 0. The lowest BCUT2D eigenvalue weighted by Crippen LogP contribution is -1.82. The van der Waals surface area contributed by atoms with Gasteiger partial charge in [0.15, 0.2) is 0 Å². The summed E-state index contributed by atoms with van der Waals surface area (Å²) in [5.41, 5.74) is 0. The van der Waals surface area contributed by atoms with E-state index < -0.39 is 0 Å². The predicted molar refractivity (Wildman–Crippen MR) is 55.7 cm³/mol. The summed E-state index contributed by atoms with van der Waals surface area (Å²) in [6.45, 7) is 3.70. The number of unbranched alkanes of at least 4 members (excludes halogenated alkanes) is 4. The molecule has 0 aliphatic carbocycles. The van der Waals surface area contributed by atoms with E-state index >= 15 is 0 Å². The minimum Gasteiger partial charge on any atom is -0.469 e. The first-order chi connectivity index (χ1) is 6.43. The summed E-state index contributed by atoms with van der Waals surface area (Å²) in [6, 6.07) is 4.00. The van der Waals surface area contributed by atoms with E-state index in [2.05, 4.69) is 6.58 Å². The van der Waals surface area contributed by atoms with Gasteiger partial charge < -0.3 is 4.42 Å². The Kier molecular flexibility index (Phi) is 5.07. The van der Waals surface area contributed by atoms with Crippen LogP contribution >= 0.6 is 0 Å². The zero-order valence-electron chi connectivity index (χ0n) is 8.17. The van der Waals surface area contributed by atoms with Crippen molar-refractivity contribution in [2.75, 3.05) is 0 Å². The molecule has 72 valence electrons. The molecule has 13 heavy (non-hydrogen) atoms. The van der Waals surface area contributed by atoms with E-state index in [4.69, 9.17) is 4.42 Å². The van der Waals surface area contributed by atoms with Gasteiger partial charge in [0.2, 0.25) is 0 Å². The van der Waals surface area contributed by atoms with Crippen LogP contribution in [0.5, 0.6) is 0 Å². The molecule has 1 aromatic rings. The molecular formula is C12H18O. The van der Waals surface area contributed by atoms with Gasteiger partial charge in [0.25, 0.3) is 0 Å². The molecule has 1 nitrogen and oxygen atoms in total. The molecule has 0 amide bonds. The van der Waals surface area contributed by atoms with Crippen LogP contribution in [0.15, 0.2) is 35.5 Å². The van der Waals surface area contributed by atoms with Gasteiger partial charge in [0, 0.05) is 6.42 Å². The molecule has 1 rings (SSSR count). The highest BCUT2D eigenvalue weighted by Crippen LogP contribution is 2.09. The van der Waals surface area contributed by atoms with Crippen molar-refractivity contribution in [3.05, 3.63) is 36.8 Å². The molecule has 1 heterocycles. The summed E-state index contributed by atoms with van der Waals surface area (Å²) in [5.74, 6) is 1.11. The Morgan fingerprint density at radius 1 is 1.23 bits per heavy atom. The van der Waals surface area contributed by atoms with Gasteiger partial charge in [-0.2, -0.15) is 0 Å². The largest absolute Gasteiger partial charge is 0.469 e. The fraction of sp³-hybridized carbons (Fsp3) is 0.500. The standard InChI is InChI=1S/C12H18O/c1-2-3-4-5-6-7-9-12-10-8-11-13-12/h2,8,10-11H,1,3-7,9H2. The molecule has 0 aliphatic rings. The average molecular weight is 178 g/mol. The molecule has 1 heteroatoms. The molecular weight excluding hydrogens is 160 g/mol. The maximum Gasteiger partial charge on any atom is 0.103 e. The summed E-state index contributed by atoms with van der Waals surface area (Å²) in [7, 11) is 0. The SMILES string of the molecule is C=CCCCCCCc1ccco1. The number of hydrogen-bond donors (Lipinski definition) is 0. The van der Waals surface area contributed by atoms with Gasteiger partial charge in [-0.1, -0.05) is 18.9 Å². The van der Waals surface area contributed by atoms with E-state index in [1.165, 1.54) is 25.7 Å². The van der Waals surface area contributed by atoms with Crippen LogP contribution in [0, 0.1) is 0 Å². The lowest BCUT2D eigenvalue weighted by molar-refractivity contribution is 0.493. The van der Waals surface area contributed by atoms with Gasteiger partial charge in [-0.25, -0.2) is 0 Å². The topological polar surface area (TPSA) is 13.1 Å². The van der Waals surface area contributed by atoms with Crippen LogP contribution in [-0.4, -0.2) is 0 Å². The molecule has 1 aromatic heterocycles. The number of hydrogen-bond acceptors (Lipinski definition) is 1. The van der Waals surface area contributed by atoms with Crippen LogP contribution in [0.25, 0.3) is 0 Å². The van der Waals surface area contributed by atoms with Gasteiger partial charge in [-0.15, -0.1) is 6.58 Å². The number of aryl methyl sites for hydroxylation is 1. The van der Waals surface area contributed by atoms with E-state index in [0.717, 1.165) is 18.6 Å². The molecule has 0 aliphatic heterocycles. The van der Waals surface area contributed by atoms with Crippen LogP contribution in [0.3, 0.4) is 0 Å².